The topological polar surface area (TPSA) is 66.1 Å². The van der Waals surface area contributed by atoms with Crippen LogP contribution in [-0.2, 0) is 16.4 Å². The first-order chi connectivity index (χ1) is 8.11. The second-order valence-corrected chi connectivity index (χ2v) is 6.81. The van der Waals surface area contributed by atoms with Crippen molar-refractivity contribution in [2.75, 3.05) is 6.54 Å². The normalized spacial score (nSPS) is 29.0. The van der Waals surface area contributed by atoms with Gasteiger partial charge in [0.2, 0.25) is 0 Å². The Morgan fingerprint density at radius 3 is 2.88 bits per heavy atom. The lowest BCUT2D eigenvalue weighted by molar-refractivity contribution is 0.332. The fourth-order valence-electron chi connectivity index (χ4n) is 2.95. The van der Waals surface area contributed by atoms with Crippen molar-refractivity contribution in [2.24, 2.45) is 5.92 Å². The summed E-state index contributed by atoms with van der Waals surface area (Å²) in [6.07, 6.45) is 5.40. The van der Waals surface area contributed by atoms with Crippen molar-refractivity contribution in [2.45, 2.75) is 43.7 Å². The van der Waals surface area contributed by atoms with Gasteiger partial charge in [0, 0.05) is 19.0 Å². The van der Waals surface area contributed by atoms with E-state index in [0.29, 0.717) is 12.5 Å². The van der Waals surface area contributed by atoms with Gasteiger partial charge in [0.05, 0.1) is 6.20 Å². The molecule has 0 amide bonds. The van der Waals surface area contributed by atoms with Gasteiger partial charge in [-0.3, -0.25) is 0 Å². The molecule has 2 unspecified atom stereocenters. The highest BCUT2D eigenvalue weighted by molar-refractivity contribution is 7.89. The molecule has 1 N–H and O–H groups in total. The number of hydrogen-bond donors (Lipinski definition) is 1. The summed E-state index contributed by atoms with van der Waals surface area (Å²) in [6.45, 7) is 2.64. The minimum Gasteiger partial charge on any atom is -0.332 e. The van der Waals surface area contributed by atoms with Crippen molar-refractivity contribution < 1.29 is 8.42 Å². The molecule has 0 spiro atoms. The SMILES string of the molecule is CCc1ncc(S(=O)(=O)N2CC3CCC2C3)[nH]1. The zero-order valence-electron chi connectivity index (χ0n) is 9.89. The Morgan fingerprint density at radius 2 is 2.35 bits per heavy atom. The molecule has 2 fully saturated rings. The molecular formula is C11H17N3O2S. The zero-order chi connectivity index (χ0) is 12.0. The van der Waals surface area contributed by atoms with Crippen LogP contribution in [0.4, 0.5) is 0 Å². The molecule has 94 valence electrons. The number of rotatable bonds is 3. The van der Waals surface area contributed by atoms with Crippen LogP contribution < -0.4 is 0 Å². The van der Waals surface area contributed by atoms with E-state index in [0.717, 1.165) is 25.1 Å². The summed E-state index contributed by atoms with van der Waals surface area (Å²) in [6, 6.07) is 0.221. The smallest absolute Gasteiger partial charge is 0.260 e. The lowest BCUT2D eigenvalue weighted by atomic mass is 10.1. The van der Waals surface area contributed by atoms with Gasteiger partial charge in [-0.2, -0.15) is 4.31 Å². The Morgan fingerprint density at radius 1 is 1.53 bits per heavy atom. The lowest BCUT2D eigenvalue weighted by Gasteiger charge is -2.25. The third kappa shape index (κ3) is 1.70. The van der Waals surface area contributed by atoms with Crippen molar-refractivity contribution in [3.05, 3.63) is 12.0 Å². The number of aryl methyl sites for hydroxylation is 1. The van der Waals surface area contributed by atoms with Gasteiger partial charge in [0.15, 0.2) is 5.03 Å². The van der Waals surface area contributed by atoms with Crippen LogP contribution >= 0.6 is 0 Å². The Balaban J connectivity index is 1.90. The zero-order valence-corrected chi connectivity index (χ0v) is 10.7. The van der Waals surface area contributed by atoms with Crippen molar-refractivity contribution in [3.63, 3.8) is 0 Å². The van der Waals surface area contributed by atoms with E-state index in [1.165, 1.54) is 12.6 Å². The van der Waals surface area contributed by atoms with E-state index in [9.17, 15) is 8.42 Å². The molecule has 1 saturated heterocycles. The molecule has 2 bridgehead atoms. The molecule has 2 atom stereocenters. The molecule has 1 aromatic heterocycles. The second kappa shape index (κ2) is 3.81. The molecular weight excluding hydrogens is 238 g/mol. The predicted octanol–water partition coefficient (Wildman–Crippen LogP) is 1.15. The van der Waals surface area contributed by atoms with Crippen LogP contribution in [0.5, 0.6) is 0 Å². The van der Waals surface area contributed by atoms with Crippen LogP contribution in [0.3, 0.4) is 0 Å². The molecule has 0 aromatic carbocycles. The van der Waals surface area contributed by atoms with E-state index in [1.807, 2.05) is 6.92 Å². The van der Waals surface area contributed by atoms with Crippen molar-refractivity contribution in [1.82, 2.24) is 14.3 Å². The average molecular weight is 255 g/mol. The molecule has 1 aromatic rings. The molecule has 17 heavy (non-hydrogen) atoms. The highest BCUT2D eigenvalue weighted by Gasteiger charge is 2.44. The maximum atomic E-state index is 12.4. The summed E-state index contributed by atoms with van der Waals surface area (Å²) in [5, 5.41) is 0.252. The van der Waals surface area contributed by atoms with Crippen LogP contribution in [0, 0.1) is 5.92 Å². The monoisotopic (exact) mass is 255 g/mol. The van der Waals surface area contributed by atoms with E-state index in [1.54, 1.807) is 4.31 Å². The molecule has 6 heteroatoms. The molecule has 1 saturated carbocycles. The fraction of sp³-hybridized carbons (Fsp3) is 0.727. The minimum atomic E-state index is -3.34. The van der Waals surface area contributed by atoms with E-state index in [-0.39, 0.29) is 11.1 Å². The Hall–Kier alpha value is -0.880. The third-order valence-electron chi connectivity index (χ3n) is 3.89. The van der Waals surface area contributed by atoms with Crippen LogP contribution in [0.15, 0.2) is 11.2 Å². The quantitative estimate of drug-likeness (QED) is 0.881. The number of hydrogen-bond acceptors (Lipinski definition) is 3. The number of nitrogens with one attached hydrogen (secondary N) is 1. The van der Waals surface area contributed by atoms with Gasteiger partial charge in [-0.1, -0.05) is 6.92 Å². The largest absolute Gasteiger partial charge is 0.332 e. The van der Waals surface area contributed by atoms with Gasteiger partial charge >= 0.3 is 0 Å². The highest BCUT2D eigenvalue weighted by Crippen LogP contribution is 2.40. The Kier molecular flexibility index (Phi) is 2.52. The number of nitrogens with zero attached hydrogens (tertiary/aromatic N) is 2. The average Bonchev–Trinajstić information content (AvgIpc) is 3.04. The molecule has 2 aliphatic rings. The first kappa shape index (κ1) is 11.2. The molecule has 5 nitrogen and oxygen atoms in total. The number of aromatic amines is 1. The highest BCUT2D eigenvalue weighted by atomic mass is 32.2. The van der Waals surface area contributed by atoms with Gasteiger partial charge in [-0.25, -0.2) is 13.4 Å². The van der Waals surface area contributed by atoms with Gasteiger partial charge in [-0.05, 0) is 25.2 Å². The number of aromatic nitrogens is 2. The number of imidazole rings is 1. The van der Waals surface area contributed by atoms with Crippen molar-refractivity contribution in [1.29, 1.82) is 0 Å². The standard InChI is InChI=1S/C11H17N3O2S/c1-2-10-12-6-11(13-10)17(15,16)14-7-8-3-4-9(14)5-8/h6,8-9H,2-5,7H2,1H3,(H,12,13). The molecule has 2 heterocycles. The molecule has 0 radical (unpaired) electrons. The first-order valence-corrected chi connectivity index (χ1v) is 7.61. The predicted molar refractivity (Wildman–Crippen MR) is 63.0 cm³/mol. The van der Waals surface area contributed by atoms with E-state index >= 15 is 0 Å². The maximum Gasteiger partial charge on any atom is 0.260 e. The molecule has 1 aliphatic heterocycles. The van der Waals surface area contributed by atoms with Gasteiger partial charge in [0.25, 0.3) is 10.0 Å². The second-order valence-electron chi connectivity index (χ2n) is 4.96. The van der Waals surface area contributed by atoms with Gasteiger partial charge in [0.1, 0.15) is 5.82 Å². The summed E-state index contributed by atoms with van der Waals surface area (Å²) in [4.78, 5) is 6.97. The van der Waals surface area contributed by atoms with Crippen molar-refractivity contribution in [3.8, 4) is 0 Å². The third-order valence-corrected chi connectivity index (χ3v) is 5.71. The van der Waals surface area contributed by atoms with E-state index < -0.39 is 10.0 Å². The maximum absolute atomic E-state index is 12.4. The van der Waals surface area contributed by atoms with Crippen LogP contribution in [0.1, 0.15) is 32.0 Å². The van der Waals surface area contributed by atoms with Crippen LogP contribution in [0.25, 0.3) is 0 Å². The number of sulfonamides is 1. The number of H-pyrrole nitrogens is 1. The summed E-state index contributed by atoms with van der Waals surface area (Å²) in [7, 11) is -3.34. The van der Waals surface area contributed by atoms with Gasteiger partial charge < -0.3 is 4.98 Å². The summed E-state index contributed by atoms with van der Waals surface area (Å²) in [5.74, 6) is 1.30. The van der Waals surface area contributed by atoms with Crippen molar-refractivity contribution >= 4 is 10.0 Å². The Bertz CT molecular complexity index is 523. The minimum absolute atomic E-state index is 0.221. The first-order valence-electron chi connectivity index (χ1n) is 6.17. The number of piperidine rings is 1. The van der Waals surface area contributed by atoms with E-state index in [4.69, 9.17) is 0 Å². The molecule has 1 aliphatic carbocycles. The fourth-order valence-corrected chi connectivity index (χ4v) is 4.63. The Labute approximate surface area is 101 Å². The summed E-state index contributed by atoms with van der Waals surface area (Å²) >= 11 is 0. The van der Waals surface area contributed by atoms with Crippen LogP contribution in [0.2, 0.25) is 0 Å². The van der Waals surface area contributed by atoms with E-state index in [2.05, 4.69) is 9.97 Å². The lowest BCUT2D eigenvalue weighted by Crippen LogP contribution is -2.37. The van der Waals surface area contributed by atoms with Crippen LogP contribution in [-0.4, -0.2) is 35.3 Å². The summed E-state index contributed by atoms with van der Waals surface area (Å²) in [5.41, 5.74) is 0. The van der Waals surface area contributed by atoms with Gasteiger partial charge in [-0.15, -0.1) is 0 Å². The summed E-state index contributed by atoms with van der Waals surface area (Å²) < 4.78 is 26.5. The number of fused-ring (bicyclic) bond motifs is 2. The molecule has 3 rings (SSSR count).